The van der Waals surface area contributed by atoms with Gasteiger partial charge in [0.2, 0.25) is 15.9 Å². The lowest BCUT2D eigenvalue weighted by atomic mass is 10.1. The first-order chi connectivity index (χ1) is 11.9. The molecule has 25 heavy (non-hydrogen) atoms. The summed E-state index contributed by atoms with van der Waals surface area (Å²) in [5, 5.41) is 0. The van der Waals surface area contributed by atoms with Gasteiger partial charge in [-0.2, -0.15) is 9.29 Å². The molecular formula is C18H23N3O3S. The Morgan fingerprint density at radius 2 is 1.84 bits per heavy atom. The number of benzene rings is 1. The summed E-state index contributed by atoms with van der Waals surface area (Å²) < 4.78 is 33.2. The summed E-state index contributed by atoms with van der Waals surface area (Å²) >= 11 is 0. The number of piperidine rings is 1. The van der Waals surface area contributed by atoms with Crippen molar-refractivity contribution in [2.75, 3.05) is 13.1 Å². The SMILES string of the molecule is Cc1ccc(S(=O)(=O)N2CCC(Oc3ccnc(C)n3)CC2)c(C)c1. The van der Waals surface area contributed by atoms with E-state index in [9.17, 15) is 8.42 Å². The Hall–Kier alpha value is -1.99. The lowest BCUT2D eigenvalue weighted by Crippen LogP contribution is -2.42. The summed E-state index contributed by atoms with van der Waals surface area (Å²) in [5.41, 5.74) is 1.85. The summed E-state index contributed by atoms with van der Waals surface area (Å²) in [6.45, 7) is 6.51. The minimum atomic E-state index is -3.46. The highest BCUT2D eigenvalue weighted by Gasteiger charge is 2.31. The van der Waals surface area contributed by atoms with Crippen LogP contribution < -0.4 is 4.74 Å². The molecule has 3 rings (SSSR count). The standard InChI is InChI=1S/C18H23N3O3S/c1-13-4-5-17(14(2)12-13)25(22,23)21-10-7-16(8-11-21)24-18-6-9-19-15(3)20-18/h4-6,9,12,16H,7-8,10-11H2,1-3H3. The predicted octanol–water partition coefficient (Wildman–Crippen LogP) is 2.63. The molecule has 0 bridgehead atoms. The van der Waals surface area contributed by atoms with Crippen LogP contribution in [0.2, 0.25) is 0 Å². The first-order valence-electron chi connectivity index (χ1n) is 8.40. The van der Waals surface area contributed by atoms with E-state index >= 15 is 0 Å². The van der Waals surface area contributed by atoms with Gasteiger partial charge in [-0.1, -0.05) is 17.7 Å². The number of rotatable bonds is 4. The maximum absolute atomic E-state index is 12.9. The molecule has 134 valence electrons. The van der Waals surface area contributed by atoms with Crippen LogP contribution in [0.4, 0.5) is 0 Å². The van der Waals surface area contributed by atoms with Crippen LogP contribution in [0.15, 0.2) is 35.4 Å². The van der Waals surface area contributed by atoms with E-state index in [1.54, 1.807) is 22.6 Å². The van der Waals surface area contributed by atoms with Gasteiger partial charge in [-0.3, -0.25) is 0 Å². The fourth-order valence-electron chi connectivity index (χ4n) is 3.09. The Balaban J connectivity index is 1.67. The van der Waals surface area contributed by atoms with Gasteiger partial charge in [0.1, 0.15) is 11.9 Å². The Kier molecular flexibility index (Phi) is 5.06. The minimum Gasteiger partial charge on any atom is -0.474 e. The molecule has 6 nitrogen and oxygen atoms in total. The third-order valence-electron chi connectivity index (χ3n) is 4.39. The van der Waals surface area contributed by atoms with Crippen molar-refractivity contribution in [3.8, 4) is 5.88 Å². The molecule has 1 aliphatic rings. The van der Waals surface area contributed by atoms with Gasteiger partial charge in [0.05, 0.1) is 4.90 Å². The van der Waals surface area contributed by atoms with Crippen LogP contribution in [-0.4, -0.2) is 41.9 Å². The maximum Gasteiger partial charge on any atom is 0.243 e. The second-order valence-corrected chi connectivity index (χ2v) is 8.34. The van der Waals surface area contributed by atoms with E-state index < -0.39 is 10.0 Å². The first-order valence-corrected chi connectivity index (χ1v) is 9.84. The van der Waals surface area contributed by atoms with Crippen LogP contribution in [0.25, 0.3) is 0 Å². The largest absolute Gasteiger partial charge is 0.474 e. The number of nitrogens with zero attached hydrogens (tertiary/aromatic N) is 3. The summed E-state index contributed by atoms with van der Waals surface area (Å²) in [6.07, 6.45) is 2.93. The summed E-state index contributed by atoms with van der Waals surface area (Å²) in [6, 6.07) is 7.17. The quantitative estimate of drug-likeness (QED) is 0.837. The Morgan fingerprint density at radius 1 is 1.12 bits per heavy atom. The molecule has 1 aliphatic heterocycles. The van der Waals surface area contributed by atoms with Gasteiger partial charge in [-0.15, -0.1) is 0 Å². The number of aryl methyl sites for hydroxylation is 3. The van der Waals surface area contributed by atoms with E-state index in [1.165, 1.54) is 0 Å². The normalized spacial score (nSPS) is 16.8. The third kappa shape index (κ3) is 3.99. The van der Waals surface area contributed by atoms with Crippen molar-refractivity contribution in [1.29, 1.82) is 0 Å². The average Bonchev–Trinajstić information content (AvgIpc) is 2.55. The molecule has 2 heterocycles. The highest BCUT2D eigenvalue weighted by molar-refractivity contribution is 7.89. The number of ether oxygens (including phenoxy) is 1. The predicted molar refractivity (Wildman–Crippen MR) is 95.1 cm³/mol. The maximum atomic E-state index is 12.9. The van der Waals surface area contributed by atoms with Crippen LogP contribution in [0.3, 0.4) is 0 Å². The summed E-state index contributed by atoms with van der Waals surface area (Å²) in [5.74, 6) is 1.20. The zero-order valence-electron chi connectivity index (χ0n) is 14.8. The molecule has 0 atom stereocenters. The summed E-state index contributed by atoms with van der Waals surface area (Å²) in [7, 11) is -3.46. The molecule has 1 fully saturated rings. The fraction of sp³-hybridized carbons (Fsp3) is 0.444. The van der Waals surface area contributed by atoms with E-state index in [1.807, 2.05) is 32.9 Å². The zero-order chi connectivity index (χ0) is 18.0. The molecular weight excluding hydrogens is 338 g/mol. The molecule has 1 saturated heterocycles. The number of hydrogen-bond acceptors (Lipinski definition) is 5. The van der Waals surface area contributed by atoms with Crippen molar-refractivity contribution in [2.45, 2.75) is 44.6 Å². The zero-order valence-corrected chi connectivity index (χ0v) is 15.6. The number of hydrogen-bond donors (Lipinski definition) is 0. The van der Waals surface area contributed by atoms with Crippen molar-refractivity contribution in [3.05, 3.63) is 47.4 Å². The minimum absolute atomic E-state index is 0.0279. The molecule has 0 amide bonds. The van der Waals surface area contributed by atoms with E-state index in [-0.39, 0.29) is 6.10 Å². The second kappa shape index (κ2) is 7.09. The lowest BCUT2D eigenvalue weighted by molar-refractivity contribution is 0.129. The molecule has 0 saturated carbocycles. The summed E-state index contributed by atoms with van der Waals surface area (Å²) in [4.78, 5) is 8.68. The fourth-order valence-corrected chi connectivity index (χ4v) is 4.76. The molecule has 7 heteroatoms. The van der Waals surface area contributed by atoms with Crippen LogP contribution in [0.1, 0.15) is 29.8 Å². The highest BCUT2D eigenvalue weighted by Crippen LogP contribution is 2.25. The molecule has 0 aliphatic carbocycles. The van der Waals surface area contributed by atoms with Crippen molar-refractivity contribution in [2.24, 2.45) is 0 Å². The van der Waals surface area contributed by atoms with E-state index in [0.29, 0.717) is 42.5 Å². The molecule has 0 radical (unpaired) electrons. The van der Waals surface area contributed by atoms with Gasteiger partial charge >= 0.3 is 0 Å². The van der Waals surface area contributed by atoms with Crippen LogP contribution in [0, 0.1) is 20.8 Å². The number of sulfonamides is 1. The average molecular weight is 361 g/mol. The molecule has 1 aromatic heterocycles. The van der Waals surface area contributed by atoms with E-state index in [2.05, 4.69) is 9.97 Å². The third-order valence-corrected chi connectivity index (χ3v) is 6.45. The van der Waals surface area contributed by atoms with Crippen LogP contribution in [-0.2, 0) is 10.0 Å². The van der Waals surface area contributed by atoms with Gasteiger partial charge in [0, 0.05) is 25.4 Å². The van der Waals surface area contributed by atoms with Crippen molar-refractivity contribution < 1.29 is 13.2 Å². The van der Waals surface area contributed by atoms with E-state index in [0.717, 1.165) is 11.1 Å². The topological polar surface area (TPSA) is 72.4 Å². The van der Waals surface area contributed by atoms with Crippen molar-refractivity contribution in [1.82, 2.24) is 14.3 Å². The van der Waals surface area contributed by atoms with Crippen LogP contribution in [0.5, 0.6) is 5.88 Å². The first kappa shape index (κ1) is 17.8. The Morgan fingerprint density at radius 3 is 2.48 bits per heavy atom. The molecule has 0 spiro atoms. The molecule has 2 aromatic rings. The van der Waals surface area contributed by atoms with Crippen molar-refractivity contribution in [3.63, 3.8) is 0 Å². The van der Waals surface area contributed by atoms with Crippen molar-refractivity contribution >= 4 is 10.0 Å². The van der Waals surface area contributed by atoms with Gasteiger partial charge in [0.15, 0.2) is 0 Å². The van der Waals surface area contributed by atoms with Gasteiger partial charge in [-0.25, -0.2) is 13.4 Å². The molecule has 0 N–H and O–H groups in total. The monoisotopic (exact) mass is 361 g/mol. The molecule has 0 unspecified atom stereocenters. The van der Waals surface area contributed by atoms with Gasteiger partial charge < -0.3 is 4.74 Å². The second-order valence-electron chi connectivity index (χ2n) is 6.43. The Bertz CT molecular complexity index is 860. The van der Waals surface area contributed by atoms with Gasteiger partial charge in [-0.05, 0) is 45.2 Å². The Labute approximate surface area is 148 Å². The highest BCUT2D eigenvalue weighted by atomic mass is 32.2. The van der Waals surface area contributed by atoms with E-state index in [4.69, 9.17) is 4.74 Å². The number of aromatic nitrogens is 2. The van der Waals surface area contributed by atoms with Crippen LogP contribution >= 0.6 is 0 Å². The smallest absolute Gasteiger partial charge is 0.243 e. The molecule has 1 aromatic carbocycles. The lowest BCUT2D eigenvalue weighted by Gasteiger charge is -2.31. The van der Waals surface area contributed by atoms with Gasteiger partial charge in [0.25, 0.3) is 0 Å².